The Morgan fingerprint density at radius 3 is 2.02 bits per heavy atom. The van der Waals surface area contributed by atoms with Gasteiger partial charge >= 0.3 is 0 Å². The summed E-state index contributed by atoms with van der Waals surface area (Å²) in [5.74, 6) is -0.0805. The minimum atomic E-state index is -1.94. The van der Waals surface area contributed by atoms with Crippen LogP contribution in [-0.2, 0) is 23.7 Å². The molecule has 0 unspecified atom stereocenters. The first-order valence-corrected chi connectivity index (χ1v) is 16.6. The summed E-state index contributed by atoms with van der Waals surface area (Å²) in [6, 6.07) is 10.1. The average Bonchev–Trinajstić information content (AvgIpc) is 3.14. The van der Waals surface area contributed by atoms with Crippen molar-refractivity contribution in [3.05, 3.63) is 52.7 Å². The summed E-state index contributed by atoms with van der Waals surface area (Å²) in [6.45, 7) is 0.0267. The van der Waals surface area contributed by atoms with Gasteiger partial charge in [0, 0.05) is 23.8 Å². The second kappa shape index (κ2) is 16.1. The third kappa shape index (κ3) is 7.86. The van der Waals surface area contributed by atoms with Crippen LogP contribution in [0.4, 0.5) is 0 Å². The zero-order chi connectivity index (χ0) is 38.3. The SMILES string of the molecule is COc1ccc(-c2cc(=O)c3c(O)cc(O[C@@H]4O[C@H](CO[C@@H]5O[C@@H](C)[C@H](O)[C@@H](O)[C@H]5O)[C@@H](O)[C@H](O)[C@H]4O[C@@H]4O[C@H](CO)[C@@H](O)[C@H](O)[C@H]4O)cc3o2)cc1. The Balaban J connectivity index is 1.30. The molecule has 1 aromatic heterocycles. The number of aliphatic hydroxyl groups is 9. The fraction of sp³-hybridized carbons (Fsp3) is 0.559. The molecule has 3 aliphatic rings. The Morgan fingerprint density at radius 1 is 0.698 bits per heavy atom. The molecule has 4 heterocycles. The lowest BCUT2D eigenvalue weighted by molar-refractivity contribution is -0.362. The molecule has 19 heteroatoms. The summed E-state index contributed by atoms with van der Waals surface area (Å²) in [4.78, 5) is 13.1. The average molecular weight is 755 g/mol. The molecule has 19 nitrogen and oxygen atoms in total. The van der Waals surface area contributed by atoms with E-state index in [0.717, 1.165) is 6.07 Å². The van der Waals surface area contributed by atoms with E-state index in [-0.39, 0.29) is 22.5 Å². The topological polar surface area (TPSA) is 297 Å². The van der Waals surface area contributed by atoms with Crippen molar-refractivity contribution in [3.63, 3.8) is 0 Å². The molecule has 0 amide bonds. The first-order chi connectivity index (χ1) is 25.2. The second-order valence-corrected chi connectivity index (χ2v) is 13.0. The van der Waals surface area contributed by atoms with Gasteiger partial charge in [-0.2, -0.15) is 0 Å². The fourth-order valence-electron chi connectivity index (χ4n) is 6.30. The lowest BCUT2D eigenvalue weighted by atomic mass is 9.97. The van der Waals surface area contributed by atoms with Crippen LogP contribution in [0.1, 0.15) is 6.92 Å². The number of ether oxygens (including phenoxy) is 7. The number of phenols is 1. The molecule has 53 heavy (non-hydrogen) atoms. The van der Waals surface area contributed by atoms with E-state index >= 15 is 0 Å². The third-order valence-corrected chi connectivity index (χ3v) is 9.43. The van der Waals surface area contributed by atoms with Crippen molar-refractivity contribution in [2.45, 2.75) is 99.0 Å². The Labute approximate surface area is 300 Å². The van der Waals surface area contributed by atoms with Crippen molar-refractivity contribution in [1.29, 1.82) is 0 Å². The number of hydrogen-bond acceptors (Lipinski definition) is 19. The highest BCUT2D eigenvalue weighted by atomic mass is 16.8. The van der Waals surface area contributed by atoms with Gasteiger partial charge in [-0.1, -0.05) is 0 Å². The number of aromatic hydroxyl groups is 1. The molecular formula is C34H42O19. The van der Waals surface area contributed by atoms with Gasteiger partial charge in [-0.3, -0.25) is 4.79 Å². The number of phenolic OH excluding ortho intramolecular Hbond substituents is 1. The van der Waals surface area contributed by atoms with Gasteiger partial charge in [0.15, 0.2) is 24.1 Å². The zero-order valence-electron chi connectivity index (χ0n) is 28.3. The largest absolute Gasteiger partial charge is 0.507 e. The number of hydrogen-bond donors (Lipinski definition) is 10. The summed E-state index contributed by atoms with van der Waals surface area (Å²) in [5.41, 5.74) is -0.212. The van der Waals surface area contributed by atoms with Crippen molar-refractivity contribution in [1.82, 2.24) is 0 Å². The second-order valence-electron chi connectivity index (χ2n) is 13.0. The van der Waals surface area contributed by atoms with Gasteiger partial charge < -0.3 is 88.6 Å². The molecule has 6 rings (SSSR count). The summed E-state index contributed by atoms with van der Waals surface area (Å²) in [7, 11) is 1.49. The van der Waals surface area contributed by atoms with Gasteiger partial charge in [-0.05, 0) is 31.2 Å². The fourth-order valence-corrected chi connectivity index (χ4v) is 6.30. The lowest BCUT2D eigenvalue weighted by Gasteiger charge is -2.46. The van der Waals surface area contributed by atoms with E-state index < -0.39 is 117 Å². The minimum Gasteiger partial charge on any atom is -0.507 e. The van der Waals surface area contributed by atoms with Gasteiger partial charge in [-0.25, -0.2) is 0 Å². The molecule has 3 fully saturated rings. The molecular weight excluding hydrogens is 712 g/mol. The molecule has 3 aromatic rings. The number of benzene rings is 2. The molecule has 2 aromatic carbocycles. The predicted octanol–water partition coefficient (Wildman–Crippen LogP) is -2.97. The maximum Gasteiger partial charge on any atom is 0.229 e. The molecule has 0 aliphatic carbocycles. The summed E-state index contributed by atoms with van der Waals surface area (Å²) in [6.07, 6.45) is -24.8. The first-order valence-electron chi connectivity index (χ1n) is 16.6. The zero-order valence-corrected chi connectivity index (χ0v) is 28.3. The lowest BCUT2D eigenvalue weighted by Crippen LogP contribution is -2.65. The van der Waals surface area contributed by atoms with Crippen LogP contribution in [0, 0.1) is 0 Å². The minimum absolute atomic E-state index is 0.126. The van der Waals surface area contributed by atoms with Gasteiger partial charge in [0.2, 0.25) is 6.29 Å². The highest BCUT2D eigenvalue weighted by Gasteiger charge is 2.52. The molecule has 15 atom stereocenters. The van der Waals surface area contributed by atoms with E-state index in [2.05, 4.69) is 0 Å². The third-order valence-electron chi connectivity index (χ3n) is 9.43. The van der Waals surface area contributed by atoms with Crippen LogP contribution in [0.15, 0.2) is 51.7 Å². The van der Waals surface area contributed by atoms with E-state index in [1.807, 2.05) is 0 Å². The van der Waals surface area contributed by atoms with Crippen molar-refractivity contribution in [3.8, 4) is 28.6 Å². The molecule has 0 saturated carbocycles. The quantitative estimate of drug-likeness (QED) is 0.0988. The van der Waals surface area contributed by atoms with Crippen LogP contribution in [0.2, 0.25) is 0 Å². The van der Waals surface area contributed by atoms with E-state index in [1.165, 1.54) is 26.2 Å². The van der Waals surface area contributed by atoms with E-state index in [9.17, 15) is 55.9 Å². The van der Waals surface area contributed by atoms with Crippen LogP contribution >= 0.6 is 0 Å². The van der Waals surface area contributed by atoms with Crippen LogP contribution in [0.25, 0.3) is 22.3 Å². The molecule has 0 radical (unpaired) electrons. The van der Waals surface area contributed by atoms with Crippen molar-refractivity contribution < 1.29 is 88.6 Å². The van der Waals surface area contributed by atoms with Crippen molar-refractivity contribution in [2.24, 2.45) is 0 Å². The number of rotatable bonds is 10. The Morgan fingerprint density at radius 2 is 1.34 bits per heavy atom. The van der Waals surface area contributed by atoms with Gasteiger partial charge in [0.05, 0.1) is 26.4 Å². The Bertz CT molecular complexity index is 1750. The van der Waals surface area contributed by atoms with Crippen LogP contribution in [0.3, 0.4) is 0 Å². The molecule has 10 N–H and O–H groups in total. The predicted molar refractivity (Wildman–Crippen MR) is 174 cm³/mol. The molecule has 3 aliphatic heterocycles. The van der Waals surface area contributed by atoms with Crippen molar-refractivity contribution in [2.75, 3.05) is 20.3 Å². The summed E-state index contributed by atoms with van der Waals surface area (Å²) >= 11 is 0. The Hall–Kier alpha value is -3.51. The van der Waals surface area contributed by atoms with E-state index in [0.29, 0.717) is 11.3 Å². The monoisotopic (exact) mass is 754 g/mol. The first kappa shape index (κ1) is 39.2. The number of aliphatic hydroxyl groups excluding tert-OH is 9. The van der Waals surface area contributed by atoms with Gasteiger partial charge in [0.25, 0.3) is 0 Å². The Kier molecular flexibility index (Phi) is 11.9. The van der Waals surface area contributed by atoms with E-state index in [4.69, 9.17) is 37.6 Å². The number of methoxy groups -OCH3 is 1. The smallest absolute Gasteiger partial charge is 0.229 e. The summed E-state index contributed by atoms with van der Waals surface area (Å²) < 4.78 is 45.3. The molecule has 0 spiro atoms. The van der Waals surface area contributed by atoms with Crippen LogP contribution in [0.5, 0.6) is 17.2 Å². The van der Waals surface area contributed by atoms with Crippen molar-refractivity contribution >= 4 is 11.0 Å². The van der Waals surface area contributed by atoms with Crippen LogP contribution < -0.4 is 14.9 Å². The number of fused-ring (bicyclic) bond motifs is 1. The van der Waals surface area contributed by atoms with Gasteiger partial charge in [0.1, 0.15) is 95.0 Å². The molecule has 3 saturated heterocycles. The molecule has 292 valence electrons. The van der Waals surface area contributed by atoms with Crippen LogP contribution in [-0.4, -0.2) is 164 Å². The normalized spacial score (nSPS) is 37.8. The highest BCUT2D eigenvalue weighted by molar-refractivity contribution is 5.86. The van der Waals surface area contributed by atoms with E-state index in [1.54, 1.807) is 24.3 Å². The van der Waals surface area contributed by atoms with Gasteiger partial charge in [-0.15, -0.1) is 0 Å². The summed E-state index contributed by atoms with van der Waals surface area (Å²) in [5, 5.41) is 104. The maximum atomic E-state index is 13.1. The highest BCUT2D eigenvalue weighted by Crippen LogP contribution is 2.35. The maximum absolute atomic E-state index is 13.1. The standard InChI is InChI=1S/C34H42O19/c1-12-23(38)26(41)29(44)32(48-12)47-11-21-25(40)28(43)31(53-33-30(45)27(42)24(39)20(10-35)51-33)34(52-21)49-15-7-16(36)22-17(37)9-18(50-19(22)8-15)13-3-5-14(46-2)6-4-13/h3-9,12,20-21,23-36,38-45H,10-11H2,1-2H3/t12-,20+,21+,23-,24+,25+,26+,27-,28-,29+,30+,31+,32+,33-,34+/m0/s1. The molecule has 0 bridgehead atoms.